The molecule has 1 aromatic heterocycles. The van der Waals surface area contributed by atoms with E-state index in [2.05, 4.69) is 10.1 Å². The van der Waals surface area contributed by atoms with Crippen LogP contribution in [0.2, 0.25) is 5.15 Å². The minimum Gasteiger partial charge on any atom is -0.489 e. The molecule has 0 amide bonds. The van der Waals surface area contributed by atoms with Gasteiger partial charge in [0.05, 0.1) is 11.4 Å². The molecule has 138 valence electrons. The third-order valence-electron chi connectivity index (χ3n) is 4.57. The number of hydrogen-bond acceptors (Lipinski definition) is 4. The van der Waals surface area contributed by atoms with E-state index < -0.39 is 0 Å². The van der Waals surface area contributed by atoms with Gasteiger partial charge in [-0.05, 0) is 56.2 Å². The van der Waals surface area contributed by atoms with E-state index >= 15 is 0 Å². The van der Waals surface area contributed by atoms with Crippen LogP contribution in [0.3, 0.4) is 0 Å². The van der Waals surface area contributed by atoms with E-state index in [0.717, 1.165) is 39.3 Å². The van der Waals surface area contributed by atoms with Crippen LogP contribution in [0.4, 0.5) is 5.69 Å². The molecule has 0 saturated heterocycles. The van der Waals surface area contributed by atoms with Crippen molar-refractivity contribution in [2.75, 3.05) is 0 Å². The van der Waals surface area contributed by atoms with Gasteiger partial charge in [-0.1, -0.05) is 23.7 Å². The van der Waals surface area contributed by atoms with Crippen molar-refractivity contribution >= 4 is 23.4 Å². The standard InChI is InChI=1S/C21H20ClN3O2/c1-13-6-5-7-18(23-12-26)17(13)11-27-19-9-8-16(10-14(19)2)20-15(3)21(22)25(4)24-20/h5-10H,11H2,1-4H3. The second-order valence-corrected chi connectivity index (χ2v) is 6.79. The maximum atomic E-state index is 10.6. The Hall–Kier alpha value is -2.88. The van der Waals surface area contributed by atoms with Crippen LogP contribution in [0.5, 0.6) is 5.75 Å². The Balaban J connectivity index is 1.86. The lowest BCUT2D eigenvalue weighted by atomic mass is 10.1. The number of halogens is 1. The van der Waals surface area contributed by atoms with E-state index in [0.29, 0.717) is 17.4 Å². The molecule has 3 rings (SSSR count). The topological polar surface area (TPSA) is 56.5 Å². The summed E-state index contributed by atoms with van der Waals surface area (Å²) in [6.45, 7) is 6.23. The van der Waals surface area contributed by atoms with Gasteiger partial charge < -0.3 is 4.74 Å². The summed E-state index contributed by atoms with van der Waals surface area (Å²) in [6, 6.07) is 11.5. The number of hydrogen-bond donors (Lipinski definition) is 0. The van der Waals surface area contributed by atoms with Crippen molar-refractivity contribution in [2.45, 2.75) is 27.4 Å². The zero-order valence-corrected chi connectivity index (χ0v) is 16.5. The monoisotopic (exact) mass is 381 g/mol. The van der Waals surface area contributed by atoms with Crippen LogP contribution in [-0.2, 0) is 18.4 Å². The van der Waals surface area contributed by atoms with Crippen molar-refractivity contribution < 1.29 is 9.53 Å². The highest BCUT2D eigenvalue weighted by Crippen LogP contribution is 2.31. The van der Waals surface area contributed by atoms with E-state index in [1.54, 1.807) is 16.8 Å². The first kappa shape index (κ1) is 18.9. The predicted molar refractivity (Wildman–Crippen MR) is 106 cm³/mol. The van der Waals surface area contributed by atoms with Gasteiger partial charge >= 0.3 is 0 Å². The van der Waals surface area contributed by atoms with Gasteiger partial charge in [0.15, 0.2) is 0 Å². The highest BCUT2D eigenvalue weighted by atomic mass is 35.5. The largest absolute Gasteiger partial charge is 0.489 e. The number of ether oxygens (including phenoxy) is 1. The Morgan fingerprint density at radius 2 is 1.96 bits per heavy atom. The Labute approximate surface area is 163 Å². The molecule has 0 bridgehead atoms. The Bertz CT molecular complexity index is 1050. The van der Waals surface area contributed by atoms with Crippen LogP contribution in [-0.4, -0.2) is 15.9 Å². The maximum Gasteiger partial charge on any atom is 0.240 e. The fourth-order valence-corrected chi connectivity index (χ4v) is 3.15. The SMILES string of the molecule is Cc1cc(-c2nn(C)c(Cl)c2C)ccc1OCc1c(C)cccc1N=C=O. The van der Waals surface area contributed by atoms with Gasteiger partial charge in [-0.25, -0.2) is 4.79 Å². The van der Waals surface area contributed by atoms with Crippen molar-refractivity contribution in [3.8, 4) is 17.0 Å². The van der Waals surface area contributed by atoms with Crippen LogP contribution >= 0.6 is 11.6 Å². The molecule has 0 saturated carbocycles. The van der Waals surface area contributed by atoms with Crippen molar-refractivity contribution in [1.82, 2.24) is 9.78 Å². The molecular weight excluding hydrogens is 362 g/mol. The summed E-state index contributed by atoms with van der Waals surface area (Å²) in [5.74, 6) is 0.766. The number of aliphatic imine (C=N–C) groups is 1. The summed E-state index contributed by atoms with van der Waals surface area (Å²) >= 11 is 6.23. The van der Waals surface area contributed by atoms with Gasteiger partial charge in [-0.15, -0.1) is 0 Å². The summed E-state index contributed by atoms with van der Waals surface area (Å²) in [4.78, 5) is 14.4. The van der Waals surface area contributed by atoms with E-state index in [1.807, 2.05) is 58.2 Å². The summed E-state index contributed by atoms with van der Waals surface area (Å²) in [7, 11) is 1.82. The molecule has 1 heterocycles. The molecule has 0 fully saturated rings. The molecule has 3 aromatic rings. The van der Waals surface area contributed by atoms with Gasteiger partial charge in [0.1, 0.15) is 17.5 Å². The molecule has 0 aliphatic carbocycles. The predicted octanol–water partition coefficient (Wildman–Crippen LogP) is 5.21. The zero-order valence-electron chi connectivity index (χ0n) is 15.7. The van der Waals surface area contributed by atoms with Gasteiger partial charge in [0.25, 0.3) is 0 Å². The number of carbonyl (C=O) groups excluding carboxylic acids is 1. The van der Waals surface area contributed by atoms with E-state index in [9.17, 15) is 4.79 Å². The second kappa shape index (κ2) is 7.78. The Kier molecular flexibility index (Phi) is 5.45. The summed E-state index contributed by atoms with van der Waals surface area (Å²) in [5, 5.41) is 5.11. The minimum absolute atomic E-state index is 0.321. The molecule has 0 radical (unpaired) electrons. The number of rotatable bonds is 5. The Morgan fingerprint density at radius 1 is 1.19 bits per heavy atom. The van der Waals surface area contributed by atoms with Crippen LogP contribution in [0.1, 0.15) is 22.3 Å². The van der Waals surface area contributed by atoms with Crippen LogP contribution in [0.25, 0.3) is 11.3 Å². The van der Waals surface area contributed by atoms with Gasteiger partial charge in [0, 0.05) is 23.7 Å². The molecule has 27 heavy (non-hydrogen) atoms. The van der Waals surface area contributed by atoms with Crippen LogP contribution in [0.15, 0.2) is 41.4 Å². The summed E-state index contributed by atoms with van der Waals surface area (Å²) in [6.07, 6.45) is 1.60. The number of nitrogens with zero attached hydrogens (tertiary/aromatic N) is 3. The first-order valence-electron chi connectivity index (χ1n) is 8.51. The van der Waals surface area contributed by atoms with Crippen molar-refractivity contribution in [2.24, 2.45) is 12.0 Å². The highest BCUT2D eigenvalue weighted by molar-refractivity contribution is 6.30. The first-order chi connectivity index (χ1) is 12.9. The molecule has 0 unspecified atom stereocenters. The molecule has 6 heteroatoms. The van der Waals surface area contributed by atoms with Gasteiger partial charge in [0.2, 0.25) is 6.08 Å². The second-order valence-electron chi connectivity index (χ2n) is 6.43. The number of benzene rings is 2. The molecule has 2 aromatic carbocycles. The molecule has 0 aliphatic heterocycles. The lowest BCUT2D eigenvalue weighted by Gasteiger charge is -2.13. The van der Waals surface area contributed by atoms with Crippen molar-refractivity contribution in [3.63, 3.8) is 0 Å². The average molecular weight is 382 g/mol. The zero-order chi connectivity index (χ0) is 19.6. The van der Waals surface area contributed by atoms with Gasteiger partial charge in [-0.3, -0.25) is 4.68 Å². The fourth-order valence-electron chi connectivity index (χ4n) is 3.02. The number of aryl methyl sites for hydroxylation is 3. The van der Waals surface area contributed by atoms with Crippen LogP contribution in [0, 0.1) is 20.8 Å². The van der Waals surface area contributed by atoms with E-state index in [4.69, 9.17) is 16.3 Å². The molecular formula is C21H20ClN3O2. The third kappa shape index (κ3) is 3.80. The lowest BCUT2D eigenvalue weighted by Crippen LogP contribution is -2.00. The fraction of sp³-hybridized carbons (Fsp3) is 0.238. The van der Waals surface area contributed by atoms with Crippen molar-refractivity contribution in [1.29, 1.82) is 0 Å². The first-order valence-corrected chi connectivity index (χ1v) is 8.89. The average Bonchev–Trinajstić information content (AvgIpc) is 2.90. The molecule has 0 aliphatic rings. The van der Waals surface area contributed by atoms with E-state index in [-0.39, 0.29) is 0 Å². The highest BCUT2D eigenvalue weighted by Gasteiger charge is 2.14. The van der Waals surface area contributed by atoms with Gasteiger partial charge in [-0.2, -0.15) is 10.1 Å². The van der Waals surface area contributed by atoms with Crippen LogP contribution < -0.4 is 4.74 Å². The Morgan fingerprint density at radius 3 is 2.59 bits per heavy atom. The quantitative estimate of drug-likeness (QED) is 0.450. The van der Waals surface area contributed by atoms with Crippen molar-refractivity contribution in [3.05, 3.63) is 63.8 Å². The molecule has 0 N–H and O–H groups in total. The normalized spacial score (nSPS) is 10.6. The lowest BCUT2D eigenvalue weighted by molar-refractivity contribution is 0.304. The smallest absolute Gasteiger partial charge is 0.240 e. The molecule has 0 spiro atoms. The summed E-state index contributed by atoms with van der Waals surface area (Å²) < 4.78 is 7.67. The number of aromatic nitrogens is 2. The summed E-state index contributed by atoms with van der Waals surface area (Å²) in [5.41, 5.74) is 6.25. The number of isocyanates is 1. The van der Waals surface area contributed by atoms with E-state index in [1.165, 1.54) is 0 Å². The maximum absolute atomic E-state index is 10.6. The molecule has 0 atom stereocenters. The minimum atomic E-state index is 0.321. The third-order valence-corrected chi connectivity index (χ3v) is 5.10. The molecule has 5 nitrogen and oxygen atoms in total.